The van der Waals surface area contributed by atoms with Crippen LogP contribution in [0.2, 0.25) is 0 Å². The van der Waals surface area contributed by atoms with Gasteiger partial charge in [-0.05, 0) is 24.6 Å². The molecule has 0 fully saturated rings. The number of benzene rings is 1. The zero-order valence-electron chi connectivity index (χ0n) is 11.3. The number of rotatable bonds is 5. The van der Waals surface area contributed by atoms with Crippen LogP contribution < -0.4 is 5.32 Å². The summed E-state index contributed by atoms with van der Waals surface area (Å²) in [5, 5.41) is 4.61. The minimum absolute atomic E-state index is 0.844. The highest BCUT2D eigenvalue weighted by molar-refractivity contribution is 7.15. The first-order chi connectivity index (χ1) is 9.81. The van der Waals surface area contributed by atoms with E-state index in [1.54, 1.807) is 11.3 Å². The van der Waals surface area contributed by atoms with Crippen molar-refractivity contribution in [3.63, 3.8) is 0 Å². The highest BCUT2D eigenvalue weighted by Gasteiger charge is 2.03. The van der Waals surface area contributed by atoms with Gasteiger partial charge in [0.25, 0.3) is 0 Å². The average molecular weight is 300 g/mol. The zero-order valence-corrected chi connectivity index (χ0v) is 12.9. The lowest BCUT2D eigenvalue weighted by Crippen LogP contribution is -2.11. The smallest absolute Gasteiger partial charge is 0.107 e. The summed E-state index contributed by atoms with van der Waals surface area (Å²) in [6, 6.07) is 14.9. The van der Waals surface area contributed by atoms with Crippen LogP contribution in [0.5, 0.6) is 0 Å². The molecule has 2 heterocycles. The molecule has 3 rings (SSSR count). The molecular formula is C16H16N2S2. The lowest BCUT2D eigenvalue weighted by molar-refractivity contribution is 0.697. The summed E-state index contributed by atoms with van der Waals surface area (Å²) in [4.78, 5) is 8.31. The summed E-state index contributed by atoms with van der Waals surface area (Å²) < 4.78 is 0. The fourth-order valence-electron chi connectivity index (χ4n) is 2.01. The van der Waals surface area contributed by atoms with Crippen molar-refractivity contribution in [2.45, 2.75) is 20.0 Å². The predicted molar refractivity (Wildman–Crippen MR) is 87.1 cm³/mol. The molecule has 0 bridgehead atoms. The number of hydrogen-bond donors (Lipinski definition) is 1. The summed E-state index contributed by atoms with van der Waals surface area (Å²) in [6.07, 6.45) is 1.93. The molecule has 0 aliphatic rings. The maximum absolute atomic E-state index is 4.36. The van der Waals surface area contributed by atoms with Gasteiger partial charge < -0.3 is 5.32 Å². The van der Waals surface area contributed by atoms with Crippen LogP contribution >= 0.6 is 22.7 Å². The van der Waals surface area contributed by atoms with Crippen molar-refractivity contribution >= 4 is 22.7 Å². The molecule has 0 saturated carbocycles. The molecule has 2 nitrogen and oxygen atoms in total. The molecule has 3 aromatic rings. The second kappa shape index (κ2) is 6.31. The molecule has 0 aliphatic heterocycles. The number of thiazole rings is 1. The first-order valence-corrected chi connectivity index (χ1v) is 8.21. The highest BCUT2D eigenvalue weighted by Crippen LogP contribution is 2.27. The summed E-state index contributed by atoms with van der Waals surface area (Å²) in [5.41, 5.74) is 1.29. The van der Waals surface area contributed by atoms with Gasteiger partial charge in [0, 0.05) is 33.9 Å². The first kappa shape index (κ1) is 13.5. The van der Waals surface area contributed by atoms with E-state index in [9.17, 15) is 0 Å². The number of aromatic nitrogens is 1. The van der Waals surface area contributed by atoms with E-state index in [0.717, 1.165) is 18.1 Å². The molecule has 0 amide bonds. The Kier molecular flexibility index (Phi) is 4.25. The summed E-state index contributed by atoms with van der Waals surface area (Å²) in [6.45, 7) is 3.83. The predicted octanol–water partition coefficient (Wildman–Crippen LogP) is 4.47. The Morgan fingerprint density at radius 2 is 1.85 bits per heavy atom. The van der Waals surface area contributed by atoms with Gasteiger partial charge in [0.15, 0.2) is 0 Å². The number of nitrogens with zero attached hydrogens (tertiary/aromatic N) is 1. The molecule has 0 saturated heterocycles. The Balaban J connectivity index is 1.58. The fourth-order valence-corrected chi connectivity index (χ4v) is 3.75. The molecule has 0 unspecified atom stereocenters. The number of hydrogen-bond acceptors (Lipinski definition) is 4. The van der Waals surface area contributed by atoms with Crippen molar-refractivity contribution in [3.8, 4) is 10.4 Å². The maximum Gasteiger partial charge on any atom is 0.107 e. The molecular weight excluding hydrogens is 284 g/mol. The minimum atomic E-state index is 0.844. The van der Waals surface area contributed by atoms with E-state index in [4.69, 9.17) is 0 Å². The van der Waals surface area contributed by atoms with Crippen LogP contribution in [0.25, 0.3) is 10.4 Å². The van der Waals surface area contributed by atoms with Crippen molar-refractivity contribution in [1.29, 1.82) is 0 Å². The Hall–Kier alpha value is -1.49. The molecule has 102 valence electrons. The van der Waals surface area contributed by atoms with E-state index >= 15 is 0 Å². The Morgan fingerprint density at radius 1 is 1.00 bits per heavy atom. The second-order valence-electron chi connectivity index (χ2n) is 4.60. The van der Waals surface area contributed by atoms with Crippen molar-refractivity contribution < 1.29 is 0 Å². The van der Waals surface area contributed by atoms with Crippen molar-refractivity contribution in [1.82, 2.24) is 10.3 Å². The van der Waals surface area contributed by atoms with Gasteiger partial charge in [-0.15, -0.1) is 22.7 Å². The van der Waals surface area contributed by atoms with Gasteiger partial charge in [-0.1, -0.05) is 30.3 Å². The number of thiophene rings is 1. The molecule has 2 aromatic heterocycles. The quantitative estimate of drug-likeness (QED) is 0.752. The Morgan fingerprint density at radius 3 is 2.60 bits per heavy atom. The molecule has 0 aliphatic carbocycles. The topological polar surface area (TPSA) is 24.9 Å². The van der Waals surface area contributed by atoms with Gasteiger partial charge in [-0.3, -0.25) is 0 Å². The van der Waals surface area contributed by atoms with Gasteiger partial charge in [0.2, 0.25) is 0 Å². The van der Waals surface area contributed by atoms with Crippen molar-refractivity contribution in [2.75, 3.05) is 0 Å². The normalized spacial score (nSPS) is 10.8. The van der Waals surface area contributed by atoms with Crippen LogP contribution in [0.3, 0.4) is 0 Å². The molecule has 0 atom stereocenters. The van der Waals surface area contributed by atoms with Gasteiger partial charge in [0.05, 0.1) is 0 Å². The van der Waals surface area contributed by atoms with E-state index in [1.165, 1.54) is 20.2 Å². The van der Waals surface area contributed by atoms with Crippen molar-refractivity contribution in [2.24, 2.45) is 0 Å². The van der Waals surface area contributed by atoms with Crippen molar-refractivity contribution in [3.05, 3.63) is 63.4 Å². The minimum Gasteiger partial charge on any atom is -0.306 e. The Labute approximate surface area is 127 Å². The third kappa shape index (κ3) is 3.33. The molecule has 0 spiro atoms. The highest BCUT2D eigenvalue weighted by atomic mass is 32.1. The van der Waals surface area contributed by atoms with E-state index in [1.807, 2.05) is 17.5 Å². The summed E-state index contributed by atoms with van der Waals surface area (Å²) in [5.74, 6) is 0. The molecule has 4 heteroatoms. The van der Waals surface area contributed by atoms with E-state index in [0.29, 0.717) is 0 Å². The summed E-state index contributed by atoms with van der Waals surface area (Å²) in [7, 11) is 0. The van der Waals surface area contributed by atoms with Gasteiger partial charge in [0.1, 0.15) is 5.01 Å². The molecule has 1 aromatic carbocycles. The third-order valence-electron chi connectivity index (χ3n) is 2.96. The fraction of sp³-hybridized carbons (Fsp3) is 0.188. The molecule has 1 N–H and O–H groups in total. The van der Waals surface area contributed by atoms with Crippen LogP contribution in [0.1, 0.15) is 14.8 Å². The third-order valence-corrected chi connectivity index (χ3v) is 5.01. The number of nitrogens with one attached hydrogen (secondary N) is 1. The van der Waals surface area contributed by atoms with E-state index in [-0.39, 0.29) is 0 Å². The molecule has 20 heavy (non-hydrogen) atoms. The monoisotopic (exact) mass is 300 g/mol. The average Bonchev–Trinajstić information content (AvgIpc) is 3.09. The van der Waals surface area contributed by atoms with Gasteiger partial charge in [-0.25, -0.2) is 4.98 Å². The maximum atomic E-state index is 4.36. The van der Waals surface area contributed by atoms with Crippen LogP contribution in [-0.2, 0) is 13.1 Å². The first-order valence-electron chi connectivity index (χ1n) is 6.57. The lowest BCUT2D eigenvalue weighted by atomic mass is 10.2. The van der Waals surface area contributed by atoms with Crippen LogP contribution in [-0.4, -0.2) is 4.98 Å². The van der Waals surface area contributed by atoms with Crippen LogP contribution in [0, 0.1) is 6.92 Å². The lowest BCUT2D eigenvalue weighted by Gasteiger charge is -1.99. The zero-order chi connectivity index (χ0) is 13.8. The standard InChI is InChI=1S/C16H16N2S2/c1-12-9-18-16(19-12)11-17-10-14-7-8-15(20-14)13-5-3-2-4-6-13/h2-9,17H,10-11H2,1H3. The van der Waals surface area contributed by atoms with Crippen LogP contribution in [0.15, 0.2) is 48.7 Å². The number of aryl methyl sites for hydroxylation is 1. The van der Waals surface area contributed by atoms with Crippen LogP contribution in [0.4, 0.5) is 0 Å². The van der Waals surface area contributed by atoms with Gasteiger partial charge in [-0.2, -0.15) is 0 Å². The Bertz CT molecular complexity index is 671. The van der Waals surface area contributed by atoms with E-state index in [2.05, 4.69) is 59.7 Å². The largest absolute Gasteiger partial charge is 0.306 e. The molecule has 0 radical (unpaired) electrons. The summed E-state index contributed by atoms with van der Waals surface area (Å²) >= 11 is 3.60. The second-order valence-corrected chi connectivity index (χ2v) is 7.09. The van der Waals surface area contributed by atoms with E-state index < -0.39 is 0 Å². The van der Waals surface area contributed by atoms with Gasteiger partial charge >= 0.3 is 0 Å². The SMILES string of the molecule is Cc1cnc(CNCc2ccc(-c3ccccc3)s2)s1.